The molecule has 1 saturated heterocycles. The zero-order chi connectivity index (χ0) is 22.7. The average molecular weight is 453 g/mol. The largest absolute Gasteiger partial charge is 0.496 e. The summed E-state index contributed by atoms with van der Waals surface area (Å²) < 4.78 is 33.2. The number of ether oxygens (including phenoxy) is 1. The quantitative estimate of drug-likeness (QED) is 0.610. The van der Waals surface area contributed by atoms with Crippen molar-refractivity contribution in [1.29, 1.82) is 0 Å². The lowest BCUT2D eigenvalue weighted by Crippen LogP contribution is -2.43. The SMILES string of the molecule is COc1ccccc1[C@H](C)NC(=O)C1CCN(S(=O)(=O)c2ccc3ccccc3c2)CC1. The smallest absolute Gasteiger partial charge is 0.243 e. The predicted octanol–water partition coefficient (Wildman–Crippen LogP) is 4.13. The number of nitrogens with one attached hydrogen (secondary N) is 1. The van der Waals surface area contributed by atoms with E-state index < -0.39 is 10.0 Å². The Morgan fingerprint density at radius 2 is 1.66 bits per heavy atom. The molecular formula is C25H28N2O4S. The van der Waals surface area contributed by atoms with Crippen molar-refractivity contribution >= 4 is 26.7 Å². The second kappa shape index (κ2) is 9.30. The van der Waals surface area contributed by atoms with E-state index in [0.717, 1.165) is 22.1 Å². The van der Waals surface area contributed by atoms with Crippen LogP contribution in [0.5, 0.6) is 5.75 Å². The van der Waals surface area contributed by atoms with E-state index >= 15 is 0 Å². The van der Waals surface area contributed by atoms with Crippen LogP contribution >= 0.6 is 0 Å². The Morgan fingerprint density at radius 3 is 2.38 bits per heavy atom. The maximum absolute atomic E-state index is 13.2. The highest BCUT2D eigenvalue weighted by Crippen LogP contribution is 2.28. The number of hydrogen-bond acceptors (Lipinski definition) is 4. The van der Waals surface area contributed by atoms with Gasteiger partial charge in [0.15, 0.2) is 0 Å². The van der Waals surface area contributed by atoms with Crippen molar-refractivity contribution in [1.82, 2.24) is 9.62 Å². The molecule has 6 nitrogen and oxygen atoms in total. The van der Waals surface area contributed by atoms with Gasteiger partial charge >= 0.3 is 0 Å². The van der Waals surface area contributed by atoms with Crippen molar-refractivity contribution in [3.63, 3.8) is 0 Å². The van der Waals surface area contributed by atoms with Crippen molar-refractivity contribution in [2.75, 3.05) is 20.2 Å². The van der Waals surface area contributed by atoms with Gasteiger partial charge in [-0.2, -0.15) is 4.31 Å². The third-order valence-electron chi connectivity index (χ3n) is 6.15. The van der Waals surface area contributed by atoms with Crippen LogP contribution in [0.25, 0.3) is 10.8 Å². The van der Waals surface area contributed by atoms with E-state index in [1.54, 1.807) is 19.2 Å². The summed E-state index contributed by atoms with van der Waals surface area (Å²) in [5.41, 5.74) is 0.916. The Morgan fingerprint density at radius 1 is 1.00 bits per heavy atom. The summed E-state index contributed by atoms with van der Waals surface area (Å²) in [6.45, 7) is 2.58. The number of rotatable bonds is 6. The molecule has 1 aliphatic heterocycles. The topological polar surface area (TPSA) is 75.7 Å². The van der Waals surface area contributed by atoms with Crippen LogP contribution in [0, 0.1) is 5.92 Å². The second-order valence-electron chi connectivity index (χ2n) is 8.16. The minimum Gasteiger partial charge on any atom is -0.496 e. The van der Waals surface area contributed by atoms with Crippen molar-refractivity contribution in [3.05, 3.63) is 72.3 Å². The molecule has 3 aromatic rings. The van der Waals surface area contributed by atoms with Crippen LogP contribution < -0.4 is 10.1 Å². The van der Waals surface area contributed by atoms with Gasteiger partial charge in [-0.1, -0.05) is 48.5 Å². The molecule has 1 heterocycles. The Bertz CT molecular complexity index is 1220. The van der Waals surface area contributed by atoms with E-state index in [1.165, 1.54) is 4.31 Å². The lowest BCUT2D eigenvalue weighted by atomic mass is 9.96. The first kappa shape index (κ1) is 22.3. The number of benzene rings is 3. The molecule has 0 saturated carbocycles. The van der Waals surface area contributed by atoms with E-state index in [4.69, 9.17) is 4.74 Å². The van der Waals surface area contributed by atoms with Crippen molar-refractivity contribution in [3.8, 4) is 5.75 Å². The molecular weight excluding hydrogens is 424 g/mol. The maximum Gasteiger partial charge on any atom is 0.243 e. The van der Waals surface area contributed by atoms with Crippen LogP contribution in [0.2, 0.25) is 0 Å². The van der Waals surface area contributed by atoms with Crippen molar-refractivity contribution in [2.45, 2.75) is 30.7 Å². The lowest BCUT2D eigenvalue weighted by molar-refractivity contribution is -0.126. The molecule has 0 spiro atoms. The molecule has 0 aromatic heterocycles. The zero-order valence-electron chi connectivity index (χ0n) is 18.3. The fourth-order valence-electron chi connectivity index (χ4n) is 4.27. The highest BCUT2D eigenvalue weighted by atomic mass is 32.2. The number of piperidine rings is 1. The lowest BCUT2D eigenvalue weighted by Gasteiger charge is -2.31. The van der Waals surface area contributed by atoms with Crippen molar-refractivity contribution < 1.29 is 17.9 Å². The highest BCUT2D eigenvalue weighted by Gasteiger charge is 2.32. The van der Waals surface area contributed by atoms with E-state index in [9.17, 15) is 13.2 Å². The summed E-state index contributed by atoms with van der Waals surface area (Å²) in [5, 5.41) is 4.96. The molecule has 32 heavy (non-hydrogen) atoms. The minimum absolute atomic E-state index is 0.0499. The van der Waals surface area contributed by atoms with Crippen LogP contribution in [-0.4, -0.2) is 38.8 Å². The third-order valence-corrected chi connectivity index (χ3v) is 8.04. The van der Waals surface area contributed by atoms with Gasteiger partial charge in [0.25, 0.3) is 0 Å². The number of nitrogens with zero attached hydrogens (tertiary/aromatic N) is 1. The van der Waals surface area contributed by atoms with E-state index in [2.05, 4.69) is 5.32 Å². The molecule has 1 N–H and O–H groups in total. The number of methoxy groups -OCH3 is 1. The molecule has 1 aliphatic rings. The van der Waals surface area contributed by atoms with Gasteiger partial charge in [-0.3, -0.25) is 4.79 Å². The Kier molecular flexibility index (Phi) is 6.48. The molecule has 0 unspecified atom stereocenters. The first-order chi connectivity index (χ1) is 15.4. The number of amides is 1. The summed E-state index contributed by atoms with van der Waals surface area (Å²) in [6, 6.07) is 20.3. The third kappa shape index (κ3) is 4.49. The molecule has 0 radical (unpaired) electrons. The van der Waals surface area contributed by atoms with E-state index in [0.29, 0.717) is 30.8 Å². The molecule has 1 atom stereocenters. The minimum atomic E-state index is -3.59. The van der Waals surface area contributed by atoms with Crippen LogP contribution in [-0.2, 0) is 14.8 Å². The molecule has 1 amide bonds. The van der Waals surface area contributed by atoms with Crippen LogP contribution in [0.3, 0.4) is 0 Å². The molecule has 0 aliphatic carbocycles. The summed E-state index contributed by atoms with van der Waals surface area (Å²) in [7, 11) is -1.98. The first-order valence-electron chi connectivity index (χ1n) is 10.8. The van der Waals surface area contributed by atoms with E-state index in [1.807, 2.05) is 61.5 Å². The summed E-state index contributed by atoms with van der Waals surface area (Å²) in [4.78, 5) is 13.1. The molecule has 1 fully saturated rings. The molecule has 4 rings (SSSR count). The van der Waals surface area contributed by atoms with Gasteiger partial charge in [-0.05, 0) is 48.7 Å². The van der Waals surface area contributed by atoms with E-state index in [-0.39, 0.29) is 17.9 Å². The van der Waals surface area contributed by atoms with Crippen molar-refractivity contribution in [2.24, 2.45) is 5.92 Å². The maximum atomic E-state index is 13.2. The Hall–Kier alpha value is -2.90. The number of hydrogen-bond donors (Lipinski definition) is 1. The van der Waals surface area contributed by atoms with Gasteiger partial charge < -0.3 is 10.1 Å². The molecule has 7 heteroatoms. The number of para-hydroxylation sites is 1. The summed E-state index contributed by atoms with van der Waals surface area (Å²) in [5.74, 6) is 0.470. The number of sulfonamides is 1. The second-order valence-corrected chi connectivity index (χ2v) is 10.1. The summed E-state index contributed by atoms with van der Waals surface area (Å²) >= 11 is 0. The van der Waals surface area contributed by atoms with Gasteiger partial charge in [0, 0.05) is 24.6 Å². The van der Waals surface area contributed by atoms with Gasteiger partial charge in [0.2, 0.25) is 15.9 Å². The Balaban J connectivity index is 1.40. The molecule has 0 bridgehead atoms. The van der Waals surface area contributed by atoms with Gasteiger partial charge in [-0.15, -0.1) is 0 Å². The first-order valence-corrected chi connectivity index (χ1v) is 12.3. The summed E-state index contributed by atoms with van der Waals surface area (Å²) in [6.07, 6.45) is 0.995. The highest BCUT2D eigenvalue weighted by molar-refractivity contribution is 7.89. The number of carbonyl (C=O) groups excluding carboxylic acids is 1. The van der Waals surface area contributed by atoms with Crippen LogP contribution in [0.15, 0.2) is 71.6 Å². The fraction of sp³-hybridized carbons (Fsp3) is 0.320. The van der Waals surface area contributed by atoms with Gasteiger partial charge in [-0.25, -0.2) is 8.42 Å². The predicted molar refractivity (Wildman–Crippen MR) is 125 cm³/mol. The Labute approximate surface area is 189 Å². The zero-order valence-corrected chi connectivity index (χ0v) is 19.1. The molecule has 168 valence electrons. The normalized spacial score (nSPS) is 16.6. The molecule has 3 aromatic carbocycles. The standard InChI is InChI=1S/C25H28N2O4S/c1-18(23-9-5-6-10-24(23)31-2)26-25(28)20-13-15-27(16-14-20)32(29,30)22-12-11-19-7-3-4-8-21(19)17-22/h3-12,17-18,20H,13-16H2,1-2H3,(H,26,28)/t18-/m0/s1. The van der Waals surface area contributed by atoms with Crippen LogP contribution in [0.4, 0.5) is 0 Å². The number of fused-ring (bicyclic) bond motifs is 1. The average Bonchev–Trinajstić information content (AvgIpc) is 2.83. The monoisotopic (exact) mass is 452 g/mol. The fourth-order valence-corrected chi connectivity index (χ4v) is 5.77. The van der Waals surface area contributed by atoms with Gasteiger partial charge in [0.1, 0.15) is 5.75 Å². The number of carbonyl (C=O) groups is 1. The van der Waals surface area contributed by atoms with Gasteiger partial charge in [0.05, 0.1) is 18.0 Å². The van der Waals surface area contributed by atoms with Crippen LogP contribution in [0.1, 0.15) is 31.4 Å².